The molecule has 1 fully saturated rings. The molecule has 0 aliphatic heterocycles. The van der Waals surface area contributed by atoms with Crippen LogP contribution in [0.4, 0.5) is 5.82 Å². The average Bonchev–Trinajstić information content (AvgIpc) is 3.42. The van der Waals surface area contributed by atoms with E-state index < -0.39 is 0 Å². The minimum Gasteiger partial charge on any atom is -0.345 e. The maximum absolute atomic E-state index is 13.5. The Kier molecular flexibility index (Phi) is 5.76. The standard InChI is InChI=1S/C22H23ClN8OS/c1-2-16(29(7-8-33)21-17-14(9-24)10-25-19(17)26-12-27-21)20-28-31-6-5-15(23)18(31)22(32)30(20)11-13-3-4-13/h5-6,10,12-13,16,33H,2-4,7-8,11H2,1H3,(H,25,26,27). The lowest BCUT2D eigenvalue weighted by molar-refractivity contribution is 0.480. The molecule has 9 nitrogen and oxygen atoms in total. The Morgan fingerprint density at radius 3 is 2.94 bits per heavy atom. The van der Waals surface area contributed by atoms with Gasteiger partial charge in [0.15, 0.2) is 5.82 Å². The molecule has 1 unspecified atom stereocenters. The van der Waals surface area contributed by atoms with Crippen LogP contribution in [0, 0.1) is 17.2 Å². The van der Waals surface area contributed by atoms with Crippen LogP contribution in [0.5, 0.6) is 0 Å². The van der Waals surface area contributed by atoms with Crippen molar-refractivity contribution in [3.8, 4) is 6.07 Å². The van der Waals surface area contributed by atoms with Crippen molar-refractivity contribution >= 4 is 46.6 Å². The van der Waals surface area contributed by atoms with E-state index in [1.807, 2.05) is 0 Å². The van der Waals surface area contributed by atoms with E-state index in [0.717, 1.165) is 12.8 Å². The Bertz CT molecular complexity index is 1430. The third-order valence-electron chi connectivity index (χ3n) is 6.13. The number of hydrogen-bond acceptors (Lipinski definition) is 7. The van der Waals surface area contributed by atoms with Crippen LogP contribution in [0.2, 0.25) is 5.02 Å². The van der Waals surface area contributed by atoms with Crippen LogP contribution in [-0.2, 0) is 6.54 Å². The molecule has 1 N–H and O–H groups in total. The number of thiol groups is 1. The molecular weight excluding hydrogens is 460 g/mol. The highest BCUT2D eigenvalue weighted by Crippen LogP contribution is 2.35. The van der Waals surface area contributed by atoms with Crippen molar-refractivity contribution in [2.75, 3.05) is 17.2 Å². The zero-order valence-electron chi connectivity index (χ0n) is 18.1. The van der Waals surface area contributed by atoms with Gasteiger partial charge in [-0.05, 0) is 31.2 Å². The topological polar surface area (TPSA) is 108 Å². The first-order valence-corrected chi connectivity index (χ1v) is 12.0. The molecule has 0 saturated heterocycles. The number of fused-ring (bicyclic) bond motifs is 2. The van der Waals surface area contributed by atoms with Crippen molar-refractivity contribution in [2.45, 2.75) is 38.8 Å². The van der Waals surface area contributed by atoms with Crippen LogP contribution in [0.3, 0.4) is 0 Å². The van der Waals surface area contributed by atoms with E-state index in [0.29, 0.717) is 70.0 Å². The van der Waals surface area contributed by atoms with Crippen molar-refractivity contribution in [3.63, 3.8) is 0 Å². The van der Waals surface area contributed by atoms with E-state index in [1.54, 1.807) is 27.5 Å². The summed E-state index contributed by atoms with van der Waals surface area (Å²) in [6.45, 7) is 3.21. The molecule has 5 rings (SSSR count). The van der Waals surface area contributed by atoms with Crippen molar-refractivity contribution in [3.05, 3.63) is 51.6 Å². The van der Waals surface area contributed by atoms with Gasteiger partial charge in [0.25, 0.3) is 5.56 Å². The fourth-order valence-corrected chi connectivity index (χ4v) is 4.81. The highest BCUT2D eigenvalue weighted by Gasteiger charge is 2.31. The third kappa shape index (κ3) is 3.75. The average molecular weight is 483 g/mol. The van der Waals surface area contributed by atoms with Gasteiger partial charge in [0.1, 0.15) is 29.4 Å². The van der Waals surface area contributed by atoms with E-state index in [2.05, 4.69) is 45.5 Å². The van der Waals surface area contributed by atoms with Gasteiger partial charge in [0.2, 0.25) is 0 Å². The van der Waals surface area contributed by atoms with Crippen molar-refractivity contribution in [1.29, 1.82) is 5.26 Å². The number of nitriles is 1. The predicted octanol–water partition coefficient (Wildman–Crippen LogP) is 3.59. The molecule has 1 atom stereocenters. The Hall–Kier alpha value is -3.03. The number of aromatic amines is 1. The maximum Gasteiger partial charge on any atom is 0.279 e. The molecule has 0 amide bonds. The largest absolute Gasteiger partial charge is 0.345 e. The minimum absolute atomic E-state index is 0.140. The monoisotopic (exact) mass is 482 g/mol. The van der Waals surface area contributed by atoms with Crippen LogP contribution in [0.25, 0.3) is 16.6 Å². The number of hydrogen-bond donors (Lipinski definition) is 2. The summed E-state index contributed by atoms with van der Waals surface area (Å²) in [6.07, 6.45) is 7.70. The van der Waals surface area contributed by atoms with Gasteiger partial charge in [0.05, 0.1) is 22.0 Å². The summed E-state index contributed by atoms with van der Waals surface area (Å²) in [7, 11) is 0. The van der Waals surface area contributed by atoms with Crippen LogP contribution in [0.1, 0.15) is 43.6 Å². The van der Waals surface area contributed by atoms with E-state index in [4.69, 9.17) is 16.7 Å². The lowest BCUT2D eigenvalue weighted by Gasteiger charge is -2.33. The Morgan fingerprint density at radius 1 is 1.42 bits per heavy atom. The second kappa shape index (κ2) is 8.72. The molecule has 0 bridgehead atoms. The molecule has 4 heterocycles. The molecule has 170 valence electrons. The number of rotatable bonds is 8. The number of anilines is 1. The van der Waals surface area contributed by atoms with Gasteiger partial charge in [-0.3, -0.25) is 9.36 Å². The lowest BCUT2D eigenvalue weighted by Crippen LogP contribution is -2.38. The SMILES string of the molecule is CCC(c1nn2ccc(Cl)c2c(=O)n1CC1CC1)N(CCS)c1ncnc2[nH]cc(C#N)c12. The number of H-pyrrole nitrogens is 1. The first kappa shape index (κ1) is 21.8. The lowest BCUT2D eigenvalue weighted by atomic mass is 10.1. The van der Waals surface area contributed by atoms with Gasteiger partial charge in [-0.15, -0.1) is 0 Å². The van der Waals surface area contributed by atoms with Crippen molar-refractivity contribution in [1.82, 2.24) is 29.1 Å². The smallest absolute Gasteiger partial charge is 0.279 e. The van der Waals surface area contributed by atoms with Crippen molar-refractivity contribution < 1.29 is 0 Å². The van der Waals surface area contributed by atoms with E-state index in [9.17, 15) is 10.1 Å². The highest BCUT2D eigenvalue weighted by molar-refractivity contribution is 7.80. The summed E-state index contributed by atoms with van der Waals surface area (Å²) in [5.41, 5.74) is 1.30. The van der Waals surface area contributed by atoms with Gasteiger partial charge in [-0.1, -0.05) is 18.5 Å². The number of halogens is 1. The van der Waals surface area contributed by atoms with Crippen molar-refractivity contribution in [2.24, 2.45) is 5.92 Å². The zero-order valence-corrected chi connectivity index (χ0v) is 19.7. The summed E-state index contributed by atoms with van der Waals surface area (Å²) in [4.78, 5) is 27.5. The summed E-state index contributed by atoms with van der Waals surface area (Å²) in [5.74, 6) is 2.29. The molecule has 0 spiro atoms. The maximum atomic E-state index is 13.5. The predicted molar refractivity (Wildman–Crippen MR) is 130 cm³/mol. The van der Waals surface area contributed by atoms with Crippen LogP contribution < -0.4 is 10.5 Å². The fraction of sp³-hybridized carbons (Fsp3) is 0.409. The number of nitrogens with zero attached hydrogens (tertiary/aromatic N) is 7. The second-order valence-electron chi connectivity index (χ2n) is 8.25. The minimum atomic E-state index is -0.270. The summed E-state index contributed by atoms with van der Waals surface area (Å²) < 4.78 is 3.34. The quantitative estimate of drug-likeness (QED) is 0.371. The number of aromatic nitrogens is 6. The molecule has 1 aliphatic rings. The van der Waals surface area contributed by atoms with Gasteiger partial charge >= 0.3 is 0 Å². The molecule has 1 saturated carbocycles. The molecular formula is C22H23ClN8OS. The zero-order chi connectivity index (χ0) is 23.1. The summed E-state index contributed by atoms with van der Waals surface area (Å²) in [5, 5.41) is 15.6. The van der Waals surface area contributed by atoms with E-state index >= 15 is 0 Å². The second-order valence-corrected chi connectivity index (χ2v) is 9.10. The van der Waals surface area contributed by atoms with Crippen LogP contribution >= 0.6 is 24.2 Å². The Balaban J connectivity index is 1.72. The normalized spacial score (nSPS) is 14.6. The summed E-state index contributed by atoms with van der Waals surface area (Å²) >= 11 is 10.8. The summed E-state index contributed by atoms with van der Waals surface area (Å²) in [6, 6.07) is 3.64. The molecule has 11 heteroatoms. The van der Waals surface area contributed by atoms with Gasteiger partial charge < -0.3 is 9.88 Å². The fourth-order valence-electron chi connectivity index (χ4n) is 4.37. The van der Waals surface area contributed by atoms with Crippen LogP contribution in [-0.4, -0.2) is 41.4 Å². The first-order chi connectivity index (χ1) is 16.1. The van der Waals surface area contributed by atoms with Crippen LogP contribution in [0.15, 0.2) is 29.6 Å². The van der Waals surface area contributed by atoms with Gasteiger partial charge in [0, 0.05) is 31.2 Å². The third-order valence-corrected chi connectivity index (χ3v) is 6.64. The Labute approximate surface area is 200 Å². The molecule has 4 aromatic rings. The van der Waals surface area contributed by atoms with Gasteiger partial charge in [-0.25, -0.2) is 14.5 Å². The van der Waals surface area contributed by atoms with Gasteiger partial charge in [-0.2, -0.15) is 23.0 Å². The van der Waals surface area contributed by atoms with E-state index in [1.165, 1.54) is 6.33 Å². The number of nitrogens with one attached hydrogen (secondary N) is 1. The molecule has 4 aromatic heterocycles. The van der Waals surface area contributed by atoms with E-state index in [-0.39, 0.29) is 11.6 Å². The molecule has 0 radical (unpaired) electrons. The Morgan fingerprint density at radius 2 is 2.24 bits per heavy atom. The highest BCUT2D eigenvalue weighted by atomic mass is 35.5. The molecule has 1 aliphatic carbocycles. The molecule has 33 heavy (non-hydrogen) atoms. The first-order valence-electron chi connectivity index (χ1n) is 10.9. The molecule has 0 aromatic carbocycles.